The van der Waals surface area contributed by atoms with Gasteiger partial charge >= 0.3 is 0 Å². The van der Waals surface area contributed by atoms with Gasteiger partial charge < -0.3 is 38.4 Å². The predicted molar refractivity (Wildman–Crippen MR) is 144 cm³/mol. The first-order valence-corrected chi connectivity index (χ1v) is 14.0. The minimum Gasteiger partial charge on any atom is -0.459 e. The van der Waals surface area contributed by atoms with E-state index in [-0.39, 0.29) is 37.9 Å². The van der Waals surface area contributed by atoms with Crippen molar-refractivity contribution in [1.29, 1.82) is 0 Å². The van der Waals surface area contributed by atoms with Crippen molar-refractivity contribution < 1.29 is 38.3 Å². The number of carbonyl (C=O) groups excluding carboxylic acids is 1. The molecule has 3 atom stereocenters. The number of amides is 1. The molecule has 40 heavy (non-hydrogen) atoms. The van der Waals surface area contributed by atoms with Gasteiger partial charge in [0, 0.05) is 57.8 Å². The summed E-state index contributed by atoms with van der Waals surface area (Å²) >= 11 is 0. The third-order valence-corrected chi connectivity index (χ3v) is 7.91. The van der Waals surface area contributed by atoms with Crippen LogP contribution in [0.25, 0.3) is 0 Å². The Morgan fingerprint density at radius 2 is 1.65 bits per heavy atom. The maximum absolute atomic E-state index is 13.7. The molecule has 1 N–H and O–H groups in total. The van der Waals surface area contributed by atoms with Crippen molar-refractivity contribution in [3.63, 3.8) is 0 Å². The number of piperazine rings is 1. The van der Waals surface area contributed by atoms with Crippen LogP contribution in [0, 0.1) is 5.92 Å². The summed E-state index contributed by atoms with van der Waals surface area (Å²) < 4.78 is 34.3. The van der Waals surface area contributed by atoms with Crippen LogP contribution in [0.5, 0.6) is 23.0 Å². The Balaban J connectivity index is 1.17. The number of fused-ring (bicyclic) bond motifs is 2. The van der Waals surface area contributed by atoms with Gasteiger partial charge in [-0.05, 0) is 61.2 Å². The zero-order valence-corrected chi connectivity index (χ0v) is 22.8. The lowest BCUT2D eigenvalue weighted by atomic mass is 9.80. The maximum Gasteiger partial charge on any atom is 0.288 e. The van der Waals surface area contributed by atoms with Crippen LogP contribution in [0.4, 0.5) is 0 Å². The van der Waals surface area contributed by atoms with Gasteiger partial charge in [0.1, 0.15) is 0 Å². The molecule has 0 radical (unpaired) electrons. The highest BCUT2D eigenvalue weighted by Crippen LogP contribution is 2.43. The molecular formula is C30H36N2O8. The first-order chi connectivity index (χ1) is 19.6. The molecule has 0 bridgehead atoms. The molecule has 6 rings (SSSR count). The molecule has 1 fully saturated rings. The first kappa shape index (κ1) is 26.7. The summed E-state index contributed by atoms with van der Waals surface area (Å²) in [6.07, 6.45) is 2.64. The van der Waals surface area contributed by atoms with E-state index < -0.39 is 6.29 Å². The molecule has 0 aromatic heterocycles. The second-order valence-electron chi connectivity index (χ2n) is 10.4. The number of ether oxygens (including phenoxy) is 6. The second-order valence-corrected chi connectivity index (χ2v) is 10.4. The fourth-order valence-corrected chi connectivity index (χ4v) is 5.82. The molecule has 214 valence electrons. The van der Waals surface area contributed by atoms with Crippen LogP contribution < -0.4 is 18.9 Å². The summed E-state index contributed by atoms with van der Waals surface area (Å²) in [7, 11) is 0. The Labute approximate surface area is 234 Å². The number of aliphatic hydroxyl groups excluding tert-OH is 1. The van der Waals surface area contributed by atoms with E-state index in [2.05, 4.69) is 11.0 Å². The average Bonchev–Trinajstić information content (AvgIpc) is 3.65. The number of rotatable bonds is 9. The van der Waals surface area contributed by atoms with Crippen molar-refractivity contribution in [2.75, 3.05) is 53.0 Å². The summed E-state index contributed by atoms with van der Waals surface area (Å²) in [5, 5.41) is 9.55. The number of aliphatic hydroxyl groups is 1. The molecule has 4 heterocycles. The van der Waals surface area contributed by atoms with Crippen molar-refractivity contribution in [3.05, 3.63) is 59.4 Å². The van der Waals surface area contributed by atoms with Crippen molar-refractivity contribution >= 4 is 5.91 Å². The molecule has 1 saturated heterocycles. The highest BCUT2D eigenvalue weighted by molar-refractivity contribution is 5.92. The van der Waals surface area contributed by atoms with Crippen LogP contribution in [-0.2, 0) is 20.8 Å². The molecule has 4 aliphatic rings. The van der Waals surface area contributed by atoms with Gasteiger partial charge in [-0.2, -0.15) is 0 Å². The van der Waals surface area contributed by atoms with Gasteiger partial charge in [0.05, 0.1) is 0 Å². The van der Waals surface area contributed by atoms with Gasteiger partial charge in [-0.1, -0.05) is 12.1 Å². The molecule has 0 unspecified atom stereocenters. The van der Waals surface area contributed by atoms with E-state index in [1.54, 1.807) is 0 Å². The third kappa shape index (κ3) is 5.56. The van der Waals surface area contributed by atoms with E-state index in [4.69, 9.17) is 28.4 Å². The lowest BCUT2D eigenvalue weighted by Crippen LogP contribution is -2.49. The number of hydrogen-bond acceptors (Lipinski definition) is 9. The van der Waals surface area contributed by atoms with Crippen LogP contribution in [0.3, 0.4) is 0 Å². The minimum absolute atomic E-state index is 0.0671. The number of benzene rings is 2. The minimum atomic E-state index is -0.594. The average molecular weight is 553 g/mol. The Bertz CT molecular complexity index is 1240. The van der Waals surface area contributed by atoms with E-state index in [0.717, 1.165) is 42.3 Å². The van der Waals surface area contributed by atoms with Gasteiger partial charge in [-0.3, -0.25) is 9.69 Å². The highest BCUT2D eigenvalue weighted by atomic mass is 16.7. The van der Waals surface area contributed by atoms with Crippen molar-refractivity contribution in [3.8, 4) is 23.0 Å². The molecule has 10 heteroatoms. The molecule has 2 aromatic rings. The quantitative estimate of drug-likeness (QED) is 0.503. The van der Waals surface area contributed by atoms with E-state index in [1.165, 1.54) is 0 Å². The summed E-state index contributed by atoms with van der Waals surface area (Å²) in [4.78, 5) is 17.9. The van der Waals surface area contributed by atoms with E-state index in [0.29, 0.717) is 49.8 Å². The topological polar surface area (TPSA) is 99.2 Å². The number of carbonyl (C=O) groups is 1. The van der Waals surface area contributed by atoms with E-state index in [1.807, 2.05) is 48.2 Å². The number of hydrogen-bond donors (Lipinski definition) is 1. The molecule has 0 spiro atoms. The standard InChI is InChI=1S/C30H36N2O8/c1-2-35-30-22(4-3-13-33)23(21-6-8-25-27(15-21)39-19-37-25)16-28(40-30)29(34)32-11-9-31(10-12-32)17-20-5-7-24-26(14-20)38-18-36-24/h5-8,14-16,22-23,30,33H,2-4,9-13,17-19H2,1H3/t22-,23+,30+/m1/s1. The molecule has 4 aliphatic heterocycles. The second kappa shape index (κ2) is 12.0. The van der Waals surface area contributed by atoms with Crippen LogP contribution in [0.2, 0.25) is 0 Å². The van der Waals surface area contributed by atoms with Gasteiger partial charge in [-0.25, -0.2) is 0 Å². The van der Waals surface area contributed by atoms with Crippen molar-refractivity contribution in [1.82, 2.24) is 9.80 Å². The van der Waals surface area contributed by atoms with Gasteiger partial charge in [0.25, 0.3) is 5.91 Å². The summed E-state index contributed by atoms with van der Waals surface area (Å²) in [6.45, 7) is 6.41. The molecular weight excluding hydrogens is 516 g/mol. The van der Waals surface area contributed by atoms with E-state index in [9.17, 15) is 9.90 Å². The van der Waals surface area contributed by atoms with Crippen LogP contribution in [-0.4, -0.2) is 80.1 Å². The SMILES string of the molecule is CCO[C@H]1OC(C(=O)N2CCN(Cc3ccc4c(c3)OCO4)CC2)=C[C@@H](c2ccc3c(c2)OCO3)[C@H]1CCCO. The predicted octanol–water partition coefficient (Wildman–Crippen LogP) is 3.24. The fourth-order valence-electron chi connectivity index (χ4n) is 5.82. The monoisotopic (exact) mass is 552 g/mol. The molecule has 1 amide bonds. The van der Waals surface area contributed by atoms with Gasteiger partial charge in [0.2, 0.25) is 19.9 Å². The first-order valence-electron chi connectivity index (χ1n) is 14.0. The van der Waals surface area contributed by atoms with Gasteiger partial charge in [-0.15, -0.1) is 0 Å². The fraction of sp³-hybridized carbons (Fsp3) is 0.500. The summed E-state index contributed by atoms with van der Waals surface area (Å²) in [5.74, 6) is 2.94. The molecule has 2 aromatic carbocycles. The van der Waals surface area contributed by atoms with E-state index >= 15 is 0 Å². The normalized spacial score (nSPS) is 23.6. The highest BCUT2D eigenvalue weighted by Gasteiger charge is 2.39. The zero-order valence-electron chi connectivity index (χ0n) is 22.8. The zero-order chi connectivity index (χ0) is 27.5. The van der Waals surface area contributed by atoms with Crippen molar-refractivity contribution in [2.24, 2.45) is 5.92 Å². The lowest BCUT2D eigenvalue weighted by Gasteiger charge is -2.39. The van der Waals surface area contributed by atoms with Crippen LogP contribution in [0.15, 0.2) is 48.2 Å². The Morgan fingerprint density at radius 3 is 2.38 bits per heavy atom. The Kier molecular flexibility index (Phi) is 7.99. The summed E-state index contributed by atoms with van der Waals surface area (Å²) in [5.41, 5.74) is 2.15. The van der Waals surface area contributed by atoms with Gasteiger partial charge in [0.15, 0.2) is 28.8 Å². The third-order valence-electron chi connectivity index (χ3n) is 7.91. The number of nitrogens with zero attached hydrogens (tertiary/aromatic N) is 2. The largest absolute Gasteiger partial charge is 0.459 e. The Morgan fingerprint density at radius 1 is 0.950 bits per heavy atom. The molecule has 0 saturated carbocycles. The van der Waals surface area contributed by atoms with Crippen LogP contribution in [0.1, 0.15) is 36.8 Å². The number of allylic oxidation sites excluding steroid dienone is 1. The lowest BCUT2D eigenvalue weighted by molar-refractivity contribution is -0.171. The Hall–Kier alpha value is -3.47. The maximum atomic E-state index is 13.7. The van der Waals surface area contributed by atoms with Crippen molar-refractivity contribution in [2.45, 2.75) is 38.5 Å². The summed E-state index contributed by atoms with van der Waals surface area (Å²) in [6, 6.07) is 11.9. The van der Waals surface area contributed by atoms with Crippen LogP contribution >= 0.6 is 0 Å². The molecule has 10 nitrogen and oxygen atoms in total. The molecule has 0 aliphatic carbocycles. The smallest absolute Gasteiger partial charge is 0.288 e.